The minimum Gasteiger partial charge on any atom is -0.328 e. The maximum Gasteiger partial charge on any atom is 0.246 e. The van der Waals surface area contributed by atoms with E-state index >= 15 is 0 Å². The molecule has 0 amide bonds. The van der Waals surface area contributed by atoms with Crippen LogP contribution in [0.3, 0.4) is 0 Å². The Morgan fingerprint density at radius 1 is 1.43 bits per heavy atom. The van der Waals surface area contributed by atoms with Gasteiger partial charge in [-0.2, -0.15) is 4.31 Å². The second kappa shape index (κ2) is 7.05. The Kier molecular flexibility index (Phi) is 6.16. The number of piperidine rings is 1. The van der Waals surface area contributed by atoms with E-state index in [1.807, 2.05) is 6.92 Å². The van der Waals surface area contributed by atoms with Crippen LogP contribution in [0.15, 0.2) is 23.1 Å². The molecule has 7 heteroatoms. The highest BCUT2D eigenvalue weighted by atomic mass is 35.5. The van der Waals surface area contributed by atoms with Crippen LogP contribution >= 0.6 is 12.4 Å². The summed E-state index contributed by atoms with van der Waals surface area (Å²) in [4.78, 5) is -0.203. The first-order valence-corrected chi connectivity index (χ1v) is 8.29. The molecule has 0 bridgehead atoms. The molecule has 0 spiro atoms. The summed E-state index contributed by atoms with van der Waals surface area (Å²) in [5, 5.41) is 0. The summed E-state index contributed by atoms with van der Waals surface area (Å²) >= 11 is 0. The van der Waals surface area contributed by atoms with Gasteiger partial charge >= 0.3 is 0 Å². The number of nitrogens with zero attached hydrogens (tertiary/aromatic N) is 1. The number of hydrogen-bond acceptors (Lipinski definition) is 3. The van der Waals surface area contributed by atoms with E-state index < -0.39 is 15.8 Å². The molecule has 0 radical (unpaired) electrons. The molecule has 120 valence electrons. The van der Waals surface area contributed by atoms with Gasteiger partial charge in [0.1, 0.15) is 10.7 Å². The van der Waals surface area contributed by atoms with Crippen molar-refractivity contribution in [2.75, 3.05) is 13.1 Å². The highest BCUT2D eigenvalue weighted by Gasteiger charge is 2.33. The summed E-state index contributed by atoms with van der Waals surface area (Å²) in [5.74, 6) is -0.557. The zero-order chi connectivity index (χ0) is 14.9. The van der Waals surface area contributed by atoms with E-state index in [2.05, 4.69) is 0 Å². The standard InChI is InChI=1S/C14H21FN2O2S.ClH/c1-10-5-3-7-13(15)14(10)20(18,19)17-8-4-6-12(9-17)11(2)16;/h3,5,7,11-12H,4,6,8-9,16H2,1-2H3;1H. The number of rotatable bonds is 3. The highest BCUT2D eigenvalue weighted by molar-refractivity contribution is 7.89. The van der Waals surface area contributed by atoms with Crippen molar-refractivity contribution >= 4 is 22.4 Å². The van der Waals surface area contributed by atoms with Gasteiger partial charge in [-0.05, 0) is 44.2 Å². The van der Waals surface area contributed by atoms with E-state index in [0.29, 0.717) is 18.7 Å². The van der Waals surface area contributed by atoms with E-state index in [0.717, 1.165) is 12.8 Å². The molecular weight excluding hydrogens is 315 g/mol. The first-order chi connectivity index (χ1) is 9.34. The number of sulfonamides is 1. The molecule has 21 heavy (non-hydrogen) atoms. The number of aryl methyl sites for hydroxylation is 1. The van der Waals surface area contributed by atoms with Gasteiger partial charge in [0.25, 0.3) is 0 Å². The molecule has 2 N–H and O–H groups in total. The average Bonchev–Trinajstić information content (AvgIpc) is 2.38. The van der Waals surface area contributed by atoms with Gasteiger partial charge in [0.05, 0.1) is 0 Å². The van der Waals surface area contributed by atoms with Crippen LogP contribution in [0, 0.1) is 18.7 Å². The molecule has 4 nitrogen and oxygen atoms in total. The number of halogens is 2. The average molecular weight is 337 g/mol. The van der Waals surface area contributed by atoms with Crippen LogP contribution in [0.2, 0.25) is 0 Å². The third-order valence-corrected chi connectivity index (χ3v) is 5.97. The summed E-state index contributed by atoms with van der Waals surface area (Å²) in [6.07, 6.45) is 1.68. The fourth-order valence-corrected chi connectivity index (χ4v) is 4.50. The van der Waals surface area contributed by atoms with Gasteiger partial charge in [-0.3, -0.25) is 0 Å². The van der Waals surface area contributed by atoms with Crippen molar-refractivity contribution in [3.05, 3.63) is 29.6 Å². The molecule has 1 saturated heterocycles. The Morgan fingerprint density at radius 2 is 2.10 bits per heavy atom. The van der Waals surface area contributed by atoms with Crippen molar-refractivity contribution in [2.24, 2.45) is 11.7 Å². The van der Waals surface area contributed by atoms with Gasteiger partial charge in [-0.25, -0.2) is 12.8 Å². The number of benzene rings is 1. The minimum atomic E-state index is -3.79. The third kappa shape index (κ3) is 3.74. The molecule has 1 heterocycles. The van der Waals surface area contributed by atoms with Crippen molar-refractivity contribution in [3.8, 4) is 0 Å². The fraction of sp³-hybridized carbons (Fsp3) is 0.571. The molecule has 0 aliphatic carbocycles. The Morgan fingerprint density at radius 3 is 2.67 bits per heavy atom. The molecule has 1 aliphatic heterocycles. The number of nitrogens with two attached hydrogens (primary N) is 1. The Balaban J connectivity index is 0.00000220. The van der Waals surface area contributed by atoms with E-state index in [-0.39, 0.29) is 29.3 Å². The first-order valence-electron chi connectivity index (χ1n) is 6.85. The SMILES string of the molecule is Cc1cccc(F)c1S(=O)(=O)N1CCCC(C(C)N)C1.Cl. The molecular formula is C14H22ClFN2O2S. The fourth-order valence-electron chi connectivity index (χ4n) is 2.69. The van der Waals surface area contributed by atoms with E-state index in [9.17, 15) is 12.8 Å². The summed E-state index contributed by atoms with van der Waals surface area (Å²) in [7, 11) is -3.79. The second-order valence-corrected chi connectivity index (χ2v) is 7.39. The lowest BCUT2D eigenvalue weighted by atomic mass is 9.93. The lowest BCUT2D eigenvalue weighted by Gasteiger charge is -2.34. The summed E-state index contributed by atoms with van der Waals surface area (Å²) in [5.41, 5.74) is 6.31. The highest BCUT2D eigenvalue weighted by Crippen LogP contribution is 2.28. The summed E-state index contributed by atoms with van der Waals surface area (Å²) < 4.78 is 40.6. The predicted octanol–water partition coefficient (Wildman–Crippen LogP) is 2.30. The van der Waals surface area contributed by atoms with Crippen LogP contribution in [0.4, 0.5) is 4.39 Å². The van der Waals surface area contributed by atoms with Gasteiger partial charge in [0, 0.05) is 19.1 Å². The number of hydrogen-bond donors (Lipinski definition) is 1. The largest absolute Gasteiger partial charge is 0.328 e. The van der Waals surface area contributed by atoms with Crippen LogP contribution in [0.5, 0.6) is 0 Å². The van der Waals surface area contributed by atoms with Crippen LogP contribution in [-0.4, -0.2) is 31.9 Å². The molecule has 1 aromatic carbocycles. The van der Waals surface area contributed by atoms with Crippen molar-refractivity contribution in [2.45, 2.75) is 37.6 Å². The van der Waals surface area contributed by atoms with E-state index in [1.54, 1.807) is 13.0 Å². The molecule has 1 aliphatic rings. The Hall–Kier alpha value is -0.690. The van der Waals surface area contributed by atoms with Crippen molar-refractivity contribution in [1.82, 2.24) is 4.31 Å². The Labute approximate surface area is 132 Å². The summed E-state index contributed by atoms with van der Waals surface area (Å²) in [6.45, 7) is 4.30. The smallest absolute Gasteiger partial charge is 0.246 e. The van der Waals surface area contributed by atoms with Gasteiger partial charge in [-0.1, -0.05) is 12.1 Å². The Bertz CT molecular complexity index is 572. The molecule has 2 unspecified atom stereocenters. The zero-order valence-corrected chi connectivity index (χ0v) is 13.9. The van der Waals surface area contributed by atoms with Crippen LogP contribution in [0.1, 0.15) is 25.3 Å². The lowest BCUT2D eigenvalue weighted by Crippen LogP contribution is -2.45. The molecule has 2 atom stereocenters. The lowest BCUT2D eigenvalue weighted by molar-refractivity contribution is 0.242. The zero-order valence-electron chi connectivity index (χ0n) is 12.3. The van der Waals surface area contributed by atoms with Gasteiger partial charge in [0.15, 0.2) is 0 Å². The van der Waals surface area contributed by atoms with Crippen molar-refractivity contribution in [3.63, 3.8) is 0 Å². The minimum absolute atomic E-state index is 0. The van der Waals surface area contributed by atoms with Gasteiger partial charge in [0.2, 0.25) is 10.0 Å². The predicted molar refractivity (Wildman–Crippen MR) is 83.5 cm³/mol. The monoisotopic (exact) mass is 336 g/mol. The topological polar surface area (TPSA) is 63.4 Å². The van der Waals surface area contributed by atoms with E-state index in [4.69, 9.17) is 5.73 Å². The molecule has 0 saturated carbocycles. The van der Waals surface area contributed by atoms with Gasteiger partial charge < -0.3 is 5.73 Å². The van der Waals surface area contributed by atoms with Crippen LogP contribution < -0.4 is 5.73 Å². The molecule has 2 rings (SSSR count). The quantitative estimate of drug-likeness (QED) is 0.921. The van der Waals surface area contributed by atoms with Gasteiger partial charge in [-0.15, -0.1) is 12.4 Å². The molecule has 0 aromatic heterocycles. The van der Waals surface area contributed by atoms with Crippen LogP contribution in [0.25, 0.3) is 0 Å². The normalized spacial score (nSPS) is 21.6. The molecule has 1 fully saturated rings. The van der Waals surface area contributed by atoms with Crippen molar-refractivity contribution in [1.29, 1.82) is 0 Å². The van der Waals surface area contributed by atoms with Crippen LogP contribution in [-0.2, 0) is 10.0 Å². The maximum absolute atomic E-state index is 13.9. The second-order valence-electron chi connectivity index (χ2n) is 5.51. The first kappa shape index (κ1) is 18.4. The summed E-state index contributed by atoms with van der Waals surface area (Å²) in [6, 6.07) is 4.26. The van der Waals surface area contributed by atoms with E-state index in [1.165, 1.54) is 16.4 Å². The molecule has 1 aromatic rings. The third-order valence-electron chi connectivity index (χ3n) is 3.93. The maximum atomic E-state index is 13.9. The van der Waals surface area contributed by atoms with Crippen molar-refractivity contribution < 1.29 is 12.8 Å².